The fourth-order valence-corrected chi connectivity index (χ4v) is 6.12. The monoisotopic (exact) mass is 602 g/mol. The van der Waals surface area contributed by atoms with E-state index in [9.17, 15) is 4.79 Å². The molecule has 2 atom stereocenters. The minimum absolute atomic E-state index is 0.0617. The van der Waals surface area contributed by atoms with Gasteiger partial charge in [-0.3, -0.25) is 0 Å². The Morgan fingerprint density at radius 3 is 2.75 bits per heavy atom. The maximum absolute atomic E-state index is 12.7. The van der Waals surface area contributed by atoms with Gasteiger partial charge in [-0.2, -0.15) is 5.10 Å². The normalized spacial score (nSPS) is 23.0. The first-order valence-corrected chi connectivity index (χ1v) is 14.0. The first kappa shape index (κ1) is 23.9. The van der Waals surface area contributed by atoms with Crippen molar-refractivity contribution in [1.29, 1.82) is 0 Å². The lowest BCUT2D eigenvalue weighted by molar-refractivity contribution is -0.0372. The van der Waals surface area contributed by atoms with Gasteiger partial charge in [0, 0.05) is 32.8 Å². The molecule has 190 valence electrons. The van der Waals surface area contributed by atoms with Crippen molar-refractivity contribution in [3.8, 4) is 0 Å². The lowest BCUT2D eigenvalue weighted by Crippen LogP contribution is -2.54. The Morgan fingerprint density at radius 1 is 1.08 bits per heavy atom. The zero-order valence-electron chi connectivity index (χ0n) is 20.3. The first-order chi connectivity index (χ1) is 17.7. The van der Waals surface area contributed by atoms with Gasteiger partial charge in [0.15, 0.2) is 15.6 Å². The number of amides is 1. The molecule has 1 aromatic carbocycles. The van der Waals surface area contributed by atoms with Crippen LogP contribution in [0.15, 0.2) is 36.5 Å². The summed E-state index contributed by atoms with van der Waals surface area (Å²) in [6, 6.07) is 9.84. The number of hydrogen-bond donors (Lipinski definition) is 0. The summed E-state index contributed by atoms with van der Waals surface area (Å²) in [5.41, 5.74) is 2.65. The molecule has 5 heterocycles. The molecule has 0 radical (unpaired) electrons. The molecule has 0 saturated carbocycles. The molecule has 2 aromatic heterocycles. The molecule has 0 spiro atoms. The highest BCUT2D eigenvalue weighted by Crippen LogP contribution is 2.34. The molecule has 0 N–H and O–H groups in total. The number of ether oxygens (including phenoxy) is 2. The van der Waals surface area contributed by atoms with Crippen LogP contribution >= 0.6 is 22.6 Å². The van der Waals surface area contributed by atoms with Gasteiger partial charge in [-0.05, 0) is 72.1 Å². The van der Waals surface area contributed by atoms with E-state index in [4.69, 9.17) is 24.5 Å². The summed E-state index contributed by atoms with van der Waals surface area (Å²) >= 11 is 2.23. The smallest absolute Gasteiger partial charge is 0.410 e. The molecule has 36 heavy (non-hydrogen) atoms. The zero-order valence-corrected chi connectivity index (χ0v) is 22.4. The third-order valence-electron chi connectivity index (χ3n) is 7.60. The minimum Gasteiger partial charge on any atom is -0.445 e. The van der Waals surface area contributed by atoms with Crippen molar-refractivity contribution in [2.75, 3.05) is 37.7 Å². The summed E-state index contributed by atoms with van der Waals surface area (Å²) < 4.78 is 14.3. The molecular weight excluding hydrogens is 571 g/mol. The number of carbonyl (C=O) groups is 1. The lowest BCUT2D eigenvalue weighted by Gasteiger charge is -2.46. The molecule has 0 aliphatic carbocycles. The van der Waals surface area contributed by atoms with Crippen molar-refractivity contribution in [2.45, 2.75) is 44.9 Å². The molecule has 3 aromatic rings. The molecule has 6 rings (SSSR count). The Bertz CT molecular complexity index is 1210. The fraction of sp³-hybridized carbons (Fsp3) is 0.538. The van der Waals surface area contributed by atoms with E-state index < -0.39 is 0 Å². The summed E-state index contributed by atoms with van der Waals surface area (Å²) in [5.74, 6) is 1.92. The number of rotatable bonds is 5. The molecular formula is C26H31IN6O3. The molecule has 9 nitrogen and oxygen atoms in total. The Labute approximate surface area is 224 Å². The maximum atomic E-state index is 12.7. The fourth-order valence-electron chi connectivity index (χ4n) is 5.50. The van der Waals surface area contributed by atoms with Gasteiger partial charge in [0.1, 0.15) is 17.9 Å². The maximum Gasteiger partial charge on any atom is 0.410 e. The van der Waals surface area contributed by atoms with Crippen LogP contribution in [0.3, 0.4) is 0 Å². The highest BCUT2D eigenvalue weighted by Gasteiger charge is 2.38. The highest BCUT2D eigenvalue weighted by molar-refractivity contribution is 14.1. The van der Waals surface area contributed by atoms with Crippen LogP contribution in [0.4, 0.5) is 10.6 Å². The molecule has 2 unspecified atom stereocenters. The van der Waals surface area contributed by atoms with E-state index in [0.717, 1.165) is 91.1 Å². The number of hydrogen-bond acceptors (Lipinski definition) is 7. The van der Waals surface area contributed by atoms with Gasteiger partial charge in [-0.1, -0.05) is 30.3 Å². The summed E-state index contributed by atoms with van der Waals surface area (Å²) in [5, 5.41) is 4.69. The number of carbonyl (C=O) groups excluding carboxylic acids is 1. The number of halogens is 1. The Hall–Kier alpha value is -2.47. The summed E-state index contributed by atoms with van der Waals surface area (Å²) in [6.45, 7) is 4.49. The van der Waals surface area contributed by atoms with Crippen molar-refractivity contribution in [1.82, 2.24) is 24.6 Å². The van der Waals surface area contributed by atoms with Crippen LogP contribution in [0.25, 0.3) is 11.2 Å². The standard InChI is InChI=1S/C26H31IN6O3/c27-24-23-25(33(30-24)22-10-4-5-12-35-22)29-21(13-28-23)32-15-20(16-32)19-9-6-11-31(14-19)26(34)36-17-18-7-2-1-3-8-18/h1-3,7-8,13,19-20,22H,4-6,9-12,14-17H2. The number of aromatic nitrogens is 4. The van der Waals surface area contributed by atoms with E-state index in [2.05, 4.69) is 27.5 Å². The minimum atomic E-state index is -0.205. The van der Waals surface area contributed by atoms with Crippen molar-refractivity contribution in [3.05, 3.63) is 45.8 Å². The molecule has 3 fully saturated rings. The van der Waals surface area contributed by atoms with E-state index >= 15 is 0 Å². The zero-order chi connectivity index (χ0) is 24.5. The van der Waals surface area contributed by atoms with Gasteiger partial charge in [0.05, 0.1) is 6.20 Å². The van der Waals surface area contributed by atoms with Crippen molar-refractivity contribution < 1.29 is 14.3 Å². The molecule has 10 heteroatoms. The Balaban J connectivity index is 1.07. The van der Waals surface area contributed by atoms with Gasteiger partial charge in [0.25, 0.3) is 0 Å². The summed E-state index contributed by atoms with van der Waals surface area (Å²) in [4.78, 5) is 26.5. The molecule has 0 bridgehead atoms. The topological polar surface area (TPSA) is 85.6 Å². The number of fused-ring (bicyclic) bond motifs is 1. The average molecular weight is 602 g/mol. The number of piperidine rings is 1. The predicted molar refractivity (Wildman–Crippen MR) is 144 cm³/mol. The second-order valence-corrected chi connectivity index (χ2v) is 11.0. The second-order valence-electron chi connectivity index (χ2n) is 10.0. The van der Waals surface area contributed by atoms with Gasteiger partial charge >= 0.3 is 6.09 Å². The molecule has 1 amide bonds. The van der Waals surface area contributed by atoms with Gasteiger partial charge < -0.3 is 19.3 Å². The van der Waals surface area contributed by atoms with E-state index in [-0.39, 0.29) is 12.3 Å². The molecule has 3 aliphatic heterocycles. The highest BCUT2D eigenvalue weighted by atomic mass is 127. The number of likely N-dealkylation sites (tertiary alicyclic amines) is 1. The predicted octanol–water partition coefficient (Wildman–Crippen LogP) is 4.62. The van der Waals surface area contributed by atoms with E-state index in [1.807, 2.05) is 46.1 Å². The lowest BCUT2D eigenvalue weighted by atomic mass is 9.80. The van der Waals surface area contributed by atoms with Crippen molar-refractivity contribution in [2.24, 2.45) is 11.8 Å². The largest absolute Gasteiger partial charge is 0.445 e. The van der Waals surface area contributed by atoms with Crippen LogP contribution in [0.2, 0.25) is 0 Å². The van der Waals surface area contributed by atoms with E-state index in [1.165, 1.54) is 0 Å². The molecule has 3 saturated heterocycles. The number of nitrogens with zero attached hydrogens (tertiary/aromatic N) is 6. The van der Waals surface area contributed by atoms with Crippen LogP contribution in [-0.2, 0) is 16.1 Å². The van der Waals surface area contributed by atoms with Gasteiger partial charge in [-0.15, -0.1) is 0 Å². The number of benzene rings is 1. The van der Waals surface area contributed by atoms with Crippen molar-refractivity contribution >= 4 is 45.7 Å². The quantitative estimate of drug-likeness (QED) is 0.395. The van der Waals surface area contributed by atoms with Crippen LogP contribution in [0.5, 0.6) is 0 Å². The van der Waals surface area contributed by atoms with E-state index in [1.54, 1.807) is 0 Å². The Morgan fingerprint density at radius 2 is 1.94 bits per heavy atom. The third-order valence-corrected chi connectivity index (χ3v) is 8.33. The van der Waals surface area contributed by atoms with Crippen molar-refractivity contribution in [3.63, 3.8) is 0 Å². The van der Waals surface area contributed by atoms with Gasteiger partial charge in [0.2, 0.25) is 0 Å². The first-order valence-electron chi connectivity index (χ1n) is 12.9. The van der Waals surface area contributed by atoms with Crippen LogP contribution in [-0.4, -0.2) is 63.5 Å². The second kappa shape index (κ2) is 10.5. The third kappa shape index (κ3) is 4.89. The molecule has 3 aliphatic rings. The Kier molecular flexibility index (Phi) is 6.96. The SMILES string of the molecule is O=C(OCc1ccccc1)N1CCCC(C2CN(c3cnc4c(I)nn(C5CCCCO5)c4n3)C2)C1. The summed E-state index contributed by atoms with van der Waals surface area (Å²) in [6.07, 6.45) is 6.96. The average Bonchev–Trinajstić information content (AvgIpc) is 3.23. The van der Waals surface area contributed by atoms with Crippen LogP contribution in [0, 0.1) is 15.5 Å². The van der Waals surface area contributed by atoms with E-state index in [0.29, 0.717) is 18.4 Å². The van der Waals surface area contributed by atoms with Gasteiger partial charge in [-0.25, -0.2) is 19.4 Å². The van der Waals surface area contributed by atoms with Crippen LogP contribution < -0.4 is 4.90 Å². The summed E-state index contributed by atoms with van der Waals surface area (Å²) in [7, 11) is 0. The van der Waals surface area contributed by atoms with Crippen LogP contribution in [0.1, 0.15) is 43.9 Å². The number of anilines is 1.